The molecule has 0 heterocycles. The molecule has 0 radical (unpaired) electrons. The van der Waals surface area contributed by atoms with Gasteiger partial charge in [0.15, 0.2) is 0 Å². The summed E-state index contributed by atoms with van der Waals surface area (Å²) in [5, 5.41) is 3.27. The van der Waals surface area contributed by atoms with Gasteiger partial charge in [-0.1, -0.05) is 61.9 Å². The third kappa shape index (κ3) is 5.72. The number of aryl methyl sites for hydroxylation is 2. The minimum absolute atomic E-state index is 0.435. The predicted octanol–water partition coefficient (Wildman–Crippen LogP) is 4.39. The van der Waals surface area contributed by atoms with Crippen LogP contribution in [0, 0.1) is 6.92 Å². The summed E-state index contributed by atoms with van der Waals surface area (Å²) in [6, 6.07) is 9.18. The molecule has 0 saturated heterocycles. The van der Waals surface area contributed by atoms with Crippen LogP contribution in [0.3, 0.4) is 0 Å². The van der Waals surface area contributed by atoms with Crippen molar-refractivity contribution in [3.05, 3.63) is 60.3 Å². The van der Waals surface area contributed by atoms with E-state index in [1.807, 2.05) is 0 Å². The van der Waals surface area contributed by atoms with Gasteiger partial charge in [-0.2, -0.15) is 0 Å². The maximum atomic E-state index is 3.72. The van der Waals surface area contributed by atoms with Crippen molar-refractivity contribution in [2.75, 3.05) is 0 Å². The van der Waals surface area contributed by atoms with Crippen LogP contribution < -0.4 is 5.32 Å². The molecule has 1 nitrogen and oxygen atoms in total. The van der Waals surface area contributed by atoms with E-state index in [9.17, 15) is 0 Å². The summed E-state index contributed by atoms with van der Waals surface area (Å²) in [4.78, 5) is 0. The summed E-state index contributed by atoms with van der Waals surface area (Å²) in [6.45, 7) is 8.07. The summed E-state index contributed by atoms with van der Waals surface area (Å²) in [5.41, 5.74) is 2.76. The van der Waals surface area contributed by atoms with Gasteiger partial charge in [0.1, 0.15) is 0 Å². The normalized spacial score (nSPS) is 12.6. The number of rotatable bonds is 8. The molecule has 1 heteroatoms. The van der Waals surface area contributed by atoms with Crippen LogP contribution in [0.5, 0.6) is 0 Å². The van der Waals surface area contributed by atoms with Crippen molar-refractivity contribution in [3.63, 3.8) is 0 Å². The Bertz CT molecular complexity index is 379. The first-order valence-electron chi connectivity index (χ1n) is 6.85. The molecule has 0 spiro atoms. The number of hydrogen-bond donors (Lipinski definition) is 1. The molecule has 0 aromatic heterocycles. The minimum atomic E-state index is 0.435. The molecule has 0 aliphatic rings. The molecule has 0 saturated carbocycles. The van der Waals surface area contributed by atoms with Gasteiger partial charge in [-0.05, 0) is 37.9 Å². The monoisotopic (exact) mass is 243 g/mol. The van der Waals surface area contributed by atoms with Crippen molar-refractivity contribution in [1.29, 1.82) is 0 Å². The summed E-state index contributed by atoms with van der Waals surface area (Å²) in [5.74, 6) is 0. The highest BCUT2D eigenvalue weighted by atomic mass is 14.9. The molecule has 0 aliphatic heterocycles. The number of hydrogen-bond acceptors (Lipinski definition) is 1. The molecule has 0 aliphatic carbocycles. The van der Waals surface area contributed by atoms with E-state index in [4.69, 9.17) is 0 Å². The molecule has 1 N–H and O–H groups in total. The van der Waals surface area contributed by atoms with E-state index in [-0.39, 0.29) is 0 Å². The summed E-state index contributed by atoms with van der Waals surface area (Å²) >= 11 is 0. The Morgan fingerprint density at radius 1 is 1.39 bits per heavy atom. The van der Waals surface area contributed by atoms with E-state index < -0.39 is 0 Å². The first kappa shape index (κ1) is 14.6. The standard InChI is InChI=1S/C17H25N/c1-4-9-17(18-5-2)13-7-6-11-16-12-8-10-15(3)14-16/h5,7-8,10,12-14,17-18H,2,4,6,9,11H2,1,3H3/b13-7+. The minimum Gasteiger partial charge on any atom is -0.385 e. The highest BCUT2D eigenvalue weighted by Gasteiger charge is 1.98. The fourth-order valence-electron chi connectivity index (χ4n) is 2.08. The van der Waals surface area contributed by atoms with Crippen LogP contribution in [0.2, 0.25) is 0 Å². The molecule has 0 fully saturated rings. The van der Waals surface area contributed by atoms with Crippen LogP contribution in [0.15, 0.2) is 49.2 Å². The highest BCUT2D eigenvalue weighted by Crippen LogP contribution is 2.07. The molecule has 1 aromatic rings. The van der Waals surface area contributed by atoms with Gasteiger partial charge >= 0.3 is 0 Å². The van der Waals surface area contributed by atoms with E-state index >= 15 is 0 Å². The predicted molar refractivity (Wildman–Crippen MR) is 80.7 cm³/mol. The van der Waals surface area contributed by atoms with Gasteiger partial charge in [0.25, 0.3) is 0 Å². The number of benzene rings is 1. The lowest BCUT2D eigenvalue weighted by Crippen LogP contribution is -2.20. The number of nitrogens with one attached hydrogen (secondary N) is 1. The lowest BCUT2D eigenvalue weighted by molar-refractivity contribution is 0.626. The van der Waals surface area contributed by atoms with Crippen molar-refractivity contribution in [2.45, 2.75) is 45.6 Å². The Hall–Kier alpha value is -1.50. The van der Waals surface area contributed by atoms with E-state index in [1.54, 1.807) is 6.20 Å². The maximum Gasteiger partial charge on any atom is 0.0438 e. The van der Waals surface area contributed by atoms with Gasteiger partial charge in [0, 0.05) is 6.04 Å². The summed E-state index contributed by atoms with van der Waals surface area (Å²) < 4.78 is 0. The van der Waals surface area contributed by atoms with Crippen molar-refractivity contribution in [1.82, 2.24) is 5.32 Å². The molecule has 18 heavy (non-hydrogen) atoms. The second-order valence-electron chi connectivity index (χ2n) is 4.72. The topological polar surface area (TPSA) is 12.0 Å². The quantitative estimate of drug-likeness (QED) is 0.668. The molecule has 1 atom stereocenters. The van der Waals surface area contributed by atoms with E-state index in [0.29, 0.717) is 6.04 Å². The SMILES string of the molecule is C=CNC(/C=C/CCc1cccc(C)c1)CCC. The second kappa shape index (κ2) is 8.57. The van der Waals surface area contributed by atoms with Crippen LogP contribution in [0.1, 0.15) is 37.3 Å². The van der Waals surface area contributed by atoms with Crippen LogP contribution in [0.25, 0.3) is 0 Å². The fraction of sp³-hybridized carbons (Fsp3) is 0.412. The van der Waals surface area contributed by atoms with E-state index in [1.165, 1.54) is 17.5 Å². The molecule has 0 amide bonds. The molecule has 1 aromatic carbocycles. The van der Waals surface area contributed by atoms with Gasteiger partial charge in [0.05, 0.1) is 0 Å². The summed E-state index contributed by atoms with van der Waals surface area (Å²) in [6.07, 6.45) is 10.9. The van der Waals surface area contributed by atoms with Crippen LogP contribution in [-0.2, 0) is 6.42 Å². The summed E-state index contributed by atoms with van der Waals surface area (Å²) in [7, 11) is 0. The second-order valence-corrected chi connectivity index (χ2v) is 4.72. The van der Waals surface area contributed by atoms with Crippen molar-refractivity contribution in [3.8, 4) is 0 Å². The van der Waals surface area contributed by atoms with Gasteiger partial charge in [-0.25, -0.2) is 0 Å². The zero-order valence-corrected chi connectivity index (χ0v) is 11.7. The van der Waals surface area contributed by atoms with Crippen molar-refractivity contribution < 1.29 is 0 Å². The first-order valence-corrected chi connectivity index (χ1v) is 6.85. The molecular formula is C17H25N. The number of allylic oxidation sites excluding steroid dienone is 1. The van der Waals surface area contributed by atoms with Gasteiger partial charge in [-0.3, -0.25) is 0 Å². The molecule has 1 rings (SSSR count). The zero-order chi connectivity index (χ0) is 13.2. The third-order valence-electron chi connectivity index (χ3n) is 2.98. The largest absolute Gasteiger partial charge is 0.385 e. The average molecular weight is 243 g/mol. The van der Waals surface area contributed by atoms with Crippen LogP contribution in [-0.4, -0.2) is 6.04 Å². The average Bonchev–Trinajstić information content (AvgIpc) is 2.35. The molecule has 98 valence electrons. The Morgan fingerprint density at radius 3 is 2.89 bits per heavy atom. The lowest BCUT2D eigenvalue weighted by atomic mass is 10.1. The van der Waals surface area contributed by atoms with Gasteiger partial charge in [0.2, 0.25) is 0 Å². The zero-order valence-electron chi connectivity index (χ0n) is 11.7. The molecular weight excluding hydrogens is 218 g/mol. The maximum absolute atomic E-state index is 3.72. The van der Waals surface area contributed by atoms with E-state index in [0.717, 1.165) is 19.3 Å². The molecule has 0 bridgehead atoms. The van der Waals surface area contributed by atoms with Gasteiger partial charge in [-0.15, -0.1) is 0 Å². The lowest BCUT2D eigenvalue weighted by Gasteiger charge is -2.11. The fourth-order valence-corrected chi connectivity index (χ4v) is 2.08. The van der Waals surface area contributed by atoms with E-state index in [2.05, 4.69) is 62.2 Å². The Kier molecular flexibility index (Phi) is 6.93. The van der Waals surface area contributed by atoms with Crippen molar-refractivity contribution in [2.24, 2.45) is 0 Å². The van der Waals surface area contributed by atoms with Crippen molar-refractivity contribution >= 4 is 0 Å². The van der Waals surface area contributed by atoms with Crippen LogP contribution >= 0.6 is 0 Å². The van der Waals surface area contributed by atoms with Gasteiger partial charge < -0.3 is 5.32 Å². The Balaban J connectivity index is 2.37. The first-order chi connectivity index (χ1) is 8.76. The Morgan fingerprint density at radius 2 is 2.22 bits per heavy atom. The third-order valence-corrected chi connectivity index (χ3v) is 2.98. The van der Waals surface area contributed by atoms with Crippen LogP contribution in [0.4, 0.5) is 0 Å². The Labute approximate surface area is 112 Å². The molecule has 1 unspecified atom stereocenters. The highest BCUT2D eigenvalue weighted by molar-refractivity contribution is 5.22. The smallest absolute Gasteiger partial charge is 0.0438 e.